The van der Waals surface area contributed by atoms with Gasteiger partial charge in [-0.3, -0.25) is 0 Å². The van der Waals surface area contributed by atoms with Crippen LogP contribution in [0.2, 0.25) is 0 Å². The molecule has 5 nitrogen and oxygen atoms in total. The molecule has 1 aliphatic heterocycles. The molecule has 0 radical (unpaired) electrons. The fraction of sp³-hybridized carbons (Fsp3) is 0.200. The zero-order valence-electron chi connectivity index (χ0n) is 12.5. The molecule has 0 aromatic heterocycles. The van der Waals surface area contributed by atoms with Crippen LogP contribution in [-0.2, 0) is 10.0 Å². The van der Waals surface area contributed by atoms with Crippen molar-refractivity contribution in [3.8, 4) is 5.75 Å². The van der Waals surface area contributed by atoms with E-state index >= 15 is 0 Å². The maximum absolute atomic E-state index is 12.2. The number of sulfonamides is 1. The van der Waals surface area contributed by atoms with Gasteiger partial charge in [-0.15, -0.1) is 0 Å². The second-order valence-corrected chi connectivity index (χ2v) is 8.27. The van der Waals surface area contributed by atoms with Crippen molar-refractivity contribution in [3.05, 3.63) is 36.4 Å². The summed E-state index contributed by atoms with van der Waals surface area (Å²) >= 11 is 1.53. The Balaban J connectivity index is 2.02. The Labute approximate surface area is 134 Å². The van der Waals surface area contributed by atoms with Crippen molar-refractivity contribution in [2.75, 3.05) is 26.5 Å². The number of fused-ring (bicyclic) bond motifs is 2. The molecule has 116 valence electrons. The van der Waals surface area contributed by atoms with Crippen LogP contribution in [0.3, 0.4) is 0 Å². The number of nitrogens with one attached hydrogen (secondary N) is 1. The first-order chi connectivity index (χ1) is 10.4. The lowest BCUT2D eigenvalue weighted by atomic mass is 10.2. The summed E-state index contributed by atoms with van der Waals surface area (Å²) in [6, 6.07) is 10.9. The summed E-state index contributed by atoms with van der Waals surface area (Å²) in [6.07, 6.45) is 0. The highest BCUT2D eigenvalue weighted by atomic mass is 32.2. The molecule has 1 N–H and O–H groups in total. The molecule has 0 amide bonds. The Kier molecular flexibility index (Phi) is 3.80. The Morgan fingerprint density at radius 1 is 1.05 bits per heavy atom. The van der Waals surface area contributed by atoms with E-state index in [2.05, 4.69) is 5.32 Å². The summed E-state index contributed by atoms with van der Waals surface area (Å²) in [4.78, 5) is 2.17. The standard InChI is InChI=1S/C15H16N2O3S2/c1-17(2)22(18,19)11-5-7-13-15(9-11)21-14-8-10(20-3)4-6-12(14)16-13/h4-9,16H,1-3H3. The minimum Gasteiger partial charge on any atom is -0.497 e. The van der Waals surface area contributed by atoms with Crippen LogP contribution in [0, 0.1) is 0 Å². The van der Waals surface area contributed by atoms with Gasteiger partial charge in [0.2, 0.25) is 10.0 Å². The number of hydrogen-bond donors (Lipinski definition) is 1. The normalized spacial score (nSPS) is 13.3. The maximum atomic E-state index is 12.2. The Hall–Kier alpha value is -1.70. The smallest absolute Gasteiger partial charge is 0.242 e. The Bertz CT molecular complexity index is 833. The van der Waals surface area contributed by atoms with Gasteiger partial charge in [-0.2, -0.15) is 0 Å². The zero-order valence-corrected chi connectivity index (χ0v) is 14.1. The van der Waals surface area contributed by atoms with E-state index in [1.807, 2.05) is 18.2 Å². The molecular formula is C15H16N2O3S2. The third-order valence-electron chi connectivity index (χ3n) is 3.41. The van der Waals surface area contributed by atoms with E-state index in [1.165, 1.54) is 30.2 Å². The molecule has 1 heterocycles. The lowest BCUT2D eigenvalue weighted by molar-refractivity contribution is 0.414. The summed E-state index contributed by atoms with van der Waals surface area (Å²) in [5, 5.41) is 3.31. The summed E-state index contributed by atoms with van der Waals surface area (Å²) in [5.41, 5.74) is 1.89. The van der Waals surface area contributed by atoms with Gasteiger partial charge in [0.15, 0.2) is 0 Å². The number of nitrogens with zero attached hydrogens (tertiary/aromatic N) is 1. The van der Waals surface area contributed by atoms with E-state index in [0.717, 1.165) is 26.9 Å². The van der Waals surface area contributed by atoms with Crippen molar-refractivity contribution in [1.82, 2.24) is 4.31 Å². The third-order valence-corrected chi connectivity index (χ3v) is 6.34. The third kappa shape index (κ3) is 2.55. The topological polar surface area (TPSA) is 58.6 Å². The minimum absolute atomic E-state index is 0.289. The fourth-order valence-corrected chi connectivity index (χ4v) is 4.20. The highest BCUT2D eigenvalue weighted by Crippen LogP contribution is 2.46. The first-order valence-electron chi connectivity index (χ1n) is 6.61. The molecule has 2 aromatic rings. The second-order valence-electron chi connectivity index (χ2n) is 5.03. The predicted octanol–water partition coefficient (Wildman–Crippen LogP) is 3.15. The largest absolute Gasteiger partial charge is 0.497 e. The molecule has 0 unspecified atom stereocenters. The van der Waals surface area contributed by atoms with Crippen molar-refractivity contribution in [2.45, 2.75) is 14.7 Å². The highest BCUT2D eigenvalue weighted by molar-refractivity contribution is 7.99. The van der Waals surface area contributed by atoms with E-state index in [9.17, 15) is 8.42 Å². The van der Waals surface area contributed by atoms with Crippen molar-refractivity contribution in [3.63, 3.8) is 0 Å². The average molecular weight is 336 g/mol. The lowest BCUT2D eigenvalue weighted by Gasteiger charge is -2.22. The van der Waals surface area contributed by atoms with Crippen LogP contribution in [0.5, 0.6) is 5.75 Å². The molecular weight excluding hydrogens is 320 g/mol. The first kappa shape index (κ1) is 15.2. The number of anilines is 2. The Morgan fingerprint density at radius 3 is 2.32 bits per heavy atom. The molecule has 0 fully saturated rings. The molecule has 7 heteroatoms. The maximum Gasteiger partial charge on any atom is 0.242 e. The summed E-state index contributed by atoms with van der Waals surface area (Å²) < 4.78 is 30.9. The molecule has 0 atom stereocenters. The van der Waals surface area contributed by atoms with Gasteiger partial charge >= 0.3 is 0 Å². The lowest BCUT2D eigenvalue weighted by Crippen LogP contribution is -2.22. The summed E-state index contributed by atoms with van der Waals surface area (Å²) in [6.45, 7) is 0. The molecule has 2 aromatic carbocycles. The Morgan fingerprint density at radius 2 is 1.68 bits per heavy atom. The van der Waals surface area contributed by atoms with Crippen LogP contribution in [0.15, 0.2) is 51.1 Å². The van der Waals surface area contributed by atoms with Crippen LogP contribution in [0.4, 0.5) is 11.4 Å². The number of hydrogen-bond acceptors (Lipinski definition) is 5. The molecule has 0 aliphatic carbocycles. The summed E-state index contributed by atoms with van der Waals surface area (Å²) in [7, 11) is 1.25. The SMILES string of the molecule is COc1ccc2c(c1)Sc1cc(S(=O)(=O)N(C)C)ccc1N2. The predicted molar refractivity (Wildman–Crippen MR) is 87.7 cm³/mol. The minimum atomic E-state index is -3.43. The van der Waals surface area contributed by atoms with Gasteiger partial charge in [0, 0.05) is 23.9 Å². The molecule has 0 spiro atoms. The van der Waals surface area contributed by atoms with Crippen molar-refractivity contribution in [1.29, 1.82) is 0 Å². The highest BCUT2D eigenvalue weighted by Gasteiger charge is 2.22. The molecule has 0 saturated carbocycles. The van der Waals surface area contributed by atoms with Gasteiger partial charge in [0.25, 0.3) is 0 Å². The van der Waals surface area contributed by atoms with E-state index in [-0.39, 0.29) is 4.90 Å². The quantitative estimate of drug-likeness (QED) is 0.796. The number of benzene rings is 2. The number of ether oxygens (including phenoxy) is 1. The summed E-state index contributed by atoms with van der Waals surface area (Å²) in [5.74, 6) is 0.772. The first-order valence-corrected chi connectivity index (χ1v) is 8.87. The van der Waals surface area contributed by atoms with Gasteiger partial charge in [-0.05, 0) is 36.4 Å². The molecule has 1 aliphatic rings. The van der Waals surface area contributed by atoms with Gasteiger partial charge < -0.3 is 10.1 Å². The monoisotopic (exact) mass is 336 g/mol. The van der Waals surface area contributed by atoms with Gasteiger partial charge in [0.1, 0.15) is 5.75 Å². The van der Waals surface area contributed by atoms with Crippen LogP contribution in [0.1, 0.15) is 0 Å². The molecule has 0 saturated heterocycles. The number of rotatable bonds is 3. The van der Waals surface area contributed by atoms with Crippen molar-refractivity contribution in [2.24, 2.45) is 0 Å². The number of methoxy groups -OCH3 is 1. The van der Waals surface area contributed by atoms with E-state index in [0.29, 0.717) is 0 Å². The molecule has 22 heavy (non-hydrogen) atoms. The van der Waals surface area contributed by atoms with Crippen LogP contribution >= 0.6 is 11.8 Å². The molecule has 3 rings (SSSR count). The van der Waals surface area contributed by atoms with Gasteiger partial charge in [-0.25, -0.2) is 12.7 Å². The van der Waals surface area contributed by atoms with Gasteiger partial charge in [-0.1, -0.05) is 11.8 Å². The van der Waals surface area contributed by atoms with Crippen LogP contribution in [0.25, 0.3) is 0 Å². The van der Waals surface area contributed by atoms with E-state index < -0.39 is 10.0 Å². The van der Waals surface area contributed by atoms with E-state index in [4.69, 9.17) is 4.74 Å². The van der Waals surface area contributed by atoms with Crippen molar-refractivity contribution >= 4 is 33.2 Å². The zero-order chi connectivity index (χ0) is 15.9. The fourth-order valence-electron chi connectivity index (χ4n) is 2.14. The van der Waals surface area contributed by atoms with E-state index in [1.54, 1.807) is 25.3 Å². The van der Waals surface area contributed by atoms with Crippen LogP contribution in [-0.4, -0.2) is 33.9 Å². The van der Waals surface area contributed by atoms with Crippen molar-refractivity contribution < 1.29 is 13.2 Å². The molecule has 0 bridgehead atoms. The second kappa shape index (κ2) is 5.49. The van der Waals surface area contributed by atoms with Gasteiger partial charge in [0.05, 0.1) is 23.4 Å². The average Bonchev–Trinajstić information content (AvgIpc) is 2.51. The van der Waals surface area contributed by atoms with Crippen LogP contribution < -0.4 is 10.1 Å².